The van der Waals surface area contributed by atoms with Crippen molar-refractivity contribution in [1.82, 2.24) is 15.5 Å². The normalized spacial score (nSPS) is 36.7. The SMILES string of the molecule is C[C@@]12C=C[C@@]3(O1)[C@H](C(=O)N(C[C@@H]1CCCO1)[C@H]3C(=O)NCc1ccccc1)[C@H]2C(=O)NC1CCCCC1. The van der Waals surface area contributed by atoms with E-state index in [1.165, 1.54) is 6.42 Å². The molecule has 1 aromatic carbocycles. The maximum Gasteiger partial charge on any atom is 0.246 e. The van der Waals surface area contributed by atoms with Gasteiger partial charge in [0.25, 0.3) is 0 Å². The summed E-state index contributed by atoms with van der Waals surface area (Å²) >= 11 is 0. The van der Waals surface area contributed by atoms with Gasteiger partial charge in [-0.15, -0.1) is 0 Å². The third kappa shape index (κ3) is 4.18. The Morgan fingerprint density at radius 2 is 1.81 bits per heavy atom. The van der Waals surface area contributed by atoms with E-state index in [4.69, 9.17) is 9.47 Å². The predicted molar refractivity (Wildman–Crippen MR) is 136 cm³/mol. The quantitative estimate of drug-likeness (QED) is 0.553. The number of likely N-dealkylation sites (tertiary alicyclic amines) is 1. The first-order valence-corrected chi connectivity index (χ1v) is 13.9. The summed E-state index contributed by atoms with van der Waals surface area (Å²) in [7, 11) is 0. The second-order valence-corrected chi connectivity index (χ2v) is 11.5. The molecule has 37 heavy (non-hydrogen) atoms. The van der Waals surface area contributed by atoms with Gasteiger partial charge in [0.05, 0.1) is 23.5 Å². The molecule has 4 aliphatic heterocycles. The summed E-state index contributed by atoms with van der Waals surface area (Å²) in [6.07, 6.45) is 10.8. The number of ether oxygens (including phenoxy) is 2. The van der Waals surface area contributed by atoms with Gasteiger partial charge in [0, 0.05) is 25.7 Å². The minimum atomic E-state index is -1.17. The van der Waals surface area contributed by atoms with E-state index in [0.29, 0.717) is 19.7 Å². The summed E-state index contributed by atoms with van der Waals surface area (Å²) in [5, 5.41) is 6.27. The van der Waals surface area contributed by atoms with Crippen molar-refractivity contribution in [1.29, 1.82) is 0 Å². The molecule has 2 bridgehead atoms. The number of rotatable bonds is 7. The number of amides is 3. The van der Waals surface area contributed by atoms with Crippen molar-refractivity contribution in [2.24, 2.45) is 11.8 Å². The van der Waals surface area contributed by atoms with Gasteiger partial charge in [-0.2, -0.15) is 0 Å². The fourth-order valence-electron chi connectivity index (χ4n) is 7.25. The predicted octanol–water partition coefficient (Wildman–Crippen LogP) is 2.47. The van der Waals surface area contributed by atoms with Gasteiger partial charge in [-0.05, 0) is 38.2 Å². The van der Waals surface area contributed by atoms with E-state index in [-0.39, 0.29) is 29.9 Å². The molecule has 8 heteroatoms. The van der Waals surface area contributed by atoms with Crippen molar-refractivity contribution in [3.8, 4) is 0 Å². The Morgan fingerprint density at radius 1 is 1.03 bits per heavy atom. The average molecular weight is 508 g/mol. The molecule has 4 fully saturated rings. The lowest BCUT2D eigenvalue weighted by atomic mass is 9.70. The van der Waals surface area contributed by atoms with Crippen LogP contribution in [-0.2, 0) is 30.4 Å². The lowest BCUT2D eigenvalue weighted by Crippen LogP contribution is -2.55. The molecule has 8 nitrogen and oxygen atoms in total. The molecule has 2 N–H and O–H groups in total. The van der Waals surface area contributed by atoms with Crippen LogP contribution in [0.15, 0.2) is 42.5 Å². The summed E-state index contributed by atoms with van der Waals surface area (Å²) in [5.74, 6) is -2.00. The van der Waals surface area contributed by atoms with Crippen LogP contribution in [0.25, 0.3) is 0 Å². The number of fused-ring (bicyclic) bond motifs is 1. The van der Waals surface area contributed by atoms with Gasteiger partial charge in [-0.3, -0.25) is 14.4 Å². The first-order chi connectivity index (χ1) is 17.9. The summed E-state index contributed by atoms with van der Waals surface area (Å²) in [5.41, 5.74) is -1.11. The van der Waals surface area contributed by atoms with Crippen molar-refractivity contribution in [2.45, 2.75) is 87.8 Å². The zero-order valence-corrected chi connectivity index (χ0v) is 21.5. The van der Waals surface area contributed by atoms with Crippen molar-refractivity contribution in [3.63, 3.8) is 0 Å². The highest BCUT2D eigenvalue weighted by Crippen LogP contribution is 2.59. The Labute approximate surface area is 218 Å². The highest BCUT2D eigenvalue weighted by atomic mass is 16.5. The summed E-state index contributed by atoms with van der Waals surface area (Å²) < 4.78 is 12.5. The molecule has 1 aliphatic carbocycles. The van der Waals surface area contributed by atoms with E-state index in [9.17, 15) is 14.4 Å². The number of carbonyl (C=O) groups is 3. The third-order valence-electron chi connectivity index (χ3n) is 9.01. The minimum absolute atomic E-state index is 0.116. The van der Waals surface area contributed by atoms with Crippen molar-refractivity contribution < 1.29 is 23.9 Å². The van der Waals surface area contributed by atoms with E-state index in [1.807, 2.05) is 49.4 Å². The van der Waals surface area contributed by atoms with E-state index in [0.717, 1.165) is 44.1 Å². The number of nitrogens with zero attached hydrogens (tertiary/aromatic N) is 1. The molecule has 0 radical (unpaired) electrons. The molecular formula is C29H37N3O5. The molecule has 1 aromatic rings. The molecular weight excluding hydrogens is 470 g/mol. The Kier molecular flexibility index (Phi) is 6.35. The first kappa shape index (κ1) is 24.6. The molecule has 3 saturated heterocycles. The van der Waals surface area contributed by atoms with Crippen molar-refractivity contribution >= 4 is 17.7 Å². The molecule has 5 aliphatic rings. The van der Waals surface area contributed by atoms with E-state index < -0.39 is 29.1 Å². The summed E-state index contributed by atoms with van der Waals surface area (Å²) in [6, 6.07) is 8.98. The smallest absolute Gasteiger partial charge is 0.246 e. The molecule has 0 unspecified atom stereocenters. The van der Waals surface area contributed by atoms with Crippen LogP contribution in [-0.4, -0.2) is 65.2 Å². The average Bonchev–Trinajstić information content (AvgIpc) is 3.64. The number of carbonyl (C=O) groups excluding carboxylic acids is 3. The van der Waals surface area contributed by atoms with E-state index >= 15 is 0 Å². The maximum atomic E-state index is 14.1. The molecule has 6 atom stereocenters. The van der Waals surface area contributed by atoms with Crippen LogP contribution >= 0.6 is 0 Å². The van der Waals surface area contributed by atoms with Gasteiger partial charge in [0.2, 0.25) is 17.7 Å². The fourth-order valence-corrected chi connectivity index (χ4v) is 7.25. The highest BCUT2D eigenvalue weighted by Gasteiger charge is 2.76. The van der Waals surface area contributed by atoms with Gasteiger partial charge in [-0.1, -0.05) is 61.7 Å². The maximum absolute atomic E-state index is 14.1. The van der Waals surface area contributed by atoms with E-state index in [2.05, 4.69) is 10.6 Å². The van der Waals surface area contributed by atoms with Crippen LogP contribution in [0.5, 0.6) is 0 Å². The van der Waals surface area contributed by atoms with Crippen LogP contribution in [0.3, 0.4) is 0 Å². The van der Waals surface area contributed by atoms with Crippen LogP contribution in [0, 0.1) is 11.8 Å². The zero-order valence-electron chi connectivity index (χ0n) is 21.5. The van der Waals surface area contributed by atoms with Gasteiger partial charge in [0.1, 0.15) is 11.6 Å². The van der Waals surface area contributed by atoms with Crippen molar-refractivity contribution in [2.75, 3.05) is 13.2 Å². The number of hydrogen-bond acceptors (Lipinski definition) is 5. The first-order valence-electron chi connectivity index (χ1n) is 13.9. The number of benzene rings is 1. The molecule has 3 amide bonds. The fraction of sp³-hybridized carbons (Fsp3) is 0.621. The number of nitrogens with one attached hydrogen (secondary N) is 2. The Bertz CT molecular complexity index is 1080. The topological polar surface area (TPSA) is 97.0 Å². The monoisotopic (exact) mass is 507 g/mol. The lowest BCUT2D eigenvalue weighted by Gasteiger charge is -2.34. The Morgan fingerprint density at radius 3 is 2.54 bits per heavy atom. The lowest BCUT2D eigenvalue weighted by molar-refractivity contribution is -0.146. The Hall–Kier alpha value is -2.71. The van der Waals surface area contributed by atoms with Gasteiger partial charge in [0.15, 0.2) is 0 Å². The van der Waals surface area contributed by atoms with E-state index in [1.54, 1.807) is 4.90 Å². The molecule has 198 valence electrons. The molecule has 0 aromatic heterocycles. The van der Waals surface area contributed by atoms with Crippen LogP contribution in [0.2, 0.25) is 0 Å². The van der Waals surface area contributed by atoms with Crippen molar-refractivity contribution in [3.05, 3.63) is 48.0 Å². The van der Waals surface area contributed by atoms with Crippen LogP contribution in [0.1, 0.15) is 57.4 Å². The molecule has 6 rings (SSSR count). The van der Waals surface area contributed by atoms with Gasteiger partial charge >= 0.3 is 0 Å². The zero-order chi connectivity index (χ0) is 25.6. The second-order valence-electron chi connectivity index (χ2n) is 11.5. The molecule has 1 saturated carbocycles. The van der Waals surface area contributed by atoms with Crippen LogP contribution < -0.4 is 10.6 Å². The summed E-state index contributed by atoms with van der Waals surface area (Å²) in [6.45, 7) is 3.21. The third-order valence-corrected chi connectivity index (χ3v) is 9.01. The molecule has 1 spiro atoms. The largest absolute Gasteiger partial charge is 0.376 e. The number of hydrogen-bond donors (Lipinski definition) is 2. The second kappa shape index (κ2) is 9.55. The van der Waals surface area contributed by atoms with Gasteiger partial charge < -0.3 is 25.0 Å². The standard InChI is InChI=1S/C29H37N3O5/c1-28-14-15-29(37-28)23(22(28)25(33)31-20-11-6-3-7-12-20)27(35)32(18-21-13-8-16-36-21)24(29)26(34)30-17-19-9-4-2-5-10-19/h2,4-5,9-10,14-15,20-24H,3,6-8,11-13,16-18H2,1H3,(H,30,34)(H,31,33)/t21-,22-,23-,24-,28-,29+/m0/s1. The Balaban J connectivity index is 1.29. The minimum Gasteiger partial charge on any atom is -0.376 e. The summed E-state index contributed by atoms with van der Waals surface area (Å²) in [4.78, 5) is 43.3. The van der Waals surface area contributed by atoms with Gasteiger partial charge in [-0.25, -0.2) is 0 Å². The highest BCUT2D eigenvalue weighted by molar-refractivity contribution is 6.00. The molecule has 4 heterocycles. The van der Waals surface area contributed by atoms with Crippen LogP contribution in [0.4, 0.5) is 0 Å².